The molecule has 5 atom stereocenters. The van der Waals surface area contributed by atoms with Crippen LogP contribution < -0.4 is 5.32 Å². The smallest absolute Gasteiger partial charge is 0.217 e. The molecule has 2 aliphatic carbocycles. The third-order valence-electron chi connectivity index (χ3n) is 7.06. The Hall–Kier alpha value is -1.42. The fourth-order valence-electron chi connectivity index (χ4n) is 6.00. The van der Waals surface area contributed by atoms with Crippen molar-refractivity contribution in [1.82, 2.24) is 5.32 Å². The van der Waals surface area contributed by atoms with Crippen LogP contribution in [0.1, 0.15) is 51.7 Å². The normalized spacial score (nSPS) is 39.5. The van der Waals surface area contributed by atoms with Gasteiger partial charge in [-0.1, -0.05) is 32.0 Å². The van der Waals surface area contributed by atoms with E-state index in [2.05, 4.69) is 19.2 Å². The molecule has 24 heavy (non-hydrogen) atoms. The molecular weight excluding hydrogens is 305 g/mol. The highest BCUT2D eigenvalue weighted by Crippen LogP contribution is 2.70. The number of hydrogen-bond donors (Lipinski definition) is 1. The van der Waals surface area contributed by atoms with E-state index in [1.54, 1.807) is 13.0 Å². The summed E-state index contributed by atoms with van der Waals surface area (Å²) in [6, 6.07) is 7.11. The molecule has 3 aliphatic rings. The Morgan fingerprint density at radius 3 is 2.79 bits per heavy atom. The Balaban J connectivity index is 1.74. The maximum Gasteiger partial charge on any atom is 0.217 e. The van der Waals surface area contributed by atoms with Crippen molar-refractivity contribution in [2.24, 2.45) is 22.7 Å². The molecule has 4 rings (SSSR count). The van der Waals surface area contributed by atoms with E-state index in [1.165, 1.54) is 6.07 Å². The number of benzene rings is 1. The predicted molar refractivity (Wildman–Crippen MR) is 89.7 cm³/mol. The van der Waals surface area contributed by atoms with Crippen LogP contribution in [-0.4, -0.2) is 18.6 Å². The number of halogens is 1. The predicted octanol–water partition coefficient (Wildman–Crippen LogP) is 3.84. The van der Waals surface area contributed by atoms with Gasteiger partial charge in [-0.15, -0.1) is 0 Å². The highest BCUT2D eigenvalue weighted by atomic mass is 19.1. The second-order valence-corrected chi connectivity index (χ2v) is 8.49. The third kappa shape index (κ3) is 2.08. The summed E-state index contributed by atoms with van der Waals surface area (Å²) in [5.41, 5.74) is 0.790. The van der Waals surface area contributed by atoms with E-state index < -0.39 is 0 Å². The topological polar surface area (TPSA) is 38.3 Å². The Labute approximate surface area is 143 Å². The lowest BCUT2D eigenvalue weighted by Gasteiger charge is -2.53. The SMILES string of the molecule is CC(=O)N[C@@H]1C(C)(C)[C@@H]2C[C@@H]3[C@@H](c4ccccc4F)OCC[C@@]31C2. The van der Waals surface area contributed by atoms with Gasteiger partial charge < -0.3 is 10.1 Å². The zero-order valence-electron chi connectivity index (χ0n) is 14.6. The lowest BCUT2D eigenvalue weighted by atomic mass is 9.59. The van der Waals surface area contributed by atoms with Crippen LogP contribution in [0.2, 0.25) is 0 Å². The lowest BCUT2D eigenvalue weighted by molar-refractivity contribution is -0.136. The van der Waals surface area contributed by atoms with Gasteiger partial charge in [0.25, 0.3) is 0 Å². The minimum Gasteiger partial charge on any atom is -0.373 e. The first-order valence-corrected chi connectivity index (χ1v) is 8.99. The minimum atomic E-state index is -0.197. The number of fused-ring (bicyclic) bond motifs is 1. The number of hydrogen-bond acceptors (Lipinski definition) is 2. The molecule has 3 fully saturated rings. The molecule has 2 bridgehead atoms. The third-order valence-corrected chi connectivity index (χ3v) is 7.06. The van der Waals surface area contributed by atoms with E-state index in [9.17, 15) is 9.18 Å². The molecular formula is C20H26FNO2. The molecule has 1 heterocycles. The van der Waals surface area contributed by atoms with Crippen molar-refractivity contribution in [2.75, 3.05) is 6.61 Å². The molecule has 0 radical (unpaired) electrons. The van der Waals surface area contributed by atoms with E-state index >= 15 is 0 Å². The largest absolute Gasteiger partial charge is 0.373 e. The highest BCUT2D eigenvalue weighted by Gasteiger charge is 2.68. The van der Waals surface area contributed by atoms with Crippen LogP contribution in [0.3, 0.4) is 0 Å². The fraction of sp³-hybridized carbons (Fsp3) is 0.650. The van der Waals surface area contributed by atoms with E-state index in [0.29, 0.717) is 18.1 Å². The van der Waals surface area contributed by atoms with Crippen LogP contribution in [0.15, 0.2) is 24.3 Å². The molecule has 1 aromatic rings. The van der Waals surface area contributed by atoms with Gasteiger partial charge in [0.15, 0.2) is 0 Å². The summed E-state index contributed by atoms with van der Waals surface area (Å²) in [5, 5.41) is 3.25. The molecule has 1 aliphatic heterocycles. The van der Waals surface area contributed by atoms with E-state index in [0.717, 1.165) is 19.3 Å². The van der Waals surface area contributed by atoms with Crippen LogP contribution in [0, 0.1) is 28.5 Å². The molecule has 2 saturated carbocycles. The molecule has 0 unspecified atom stereocenters. The first kappa shape index (κ1) is 16.1. The van der Waals surface area contributed by atoms with Crippen molar-refractivity contribution >= 4 is 5.91 Å². The molecule has 1 spiro atoms. The summed E-state index contributed by atoms with van der Waals surface area (Å²) < 4.78 is 20.5. The first-order valence-electron chi connectivity index (χ1n) is 8.99. The highest BCUT2D eigenvalue weighted by molar-refractivity contribution is 5.73. The summed E-state index contributed by atoms with van der Waals surface area (Å²) in [4.78, 5) is 11.8. The number of amides is 1. The molecule has 130 valence electrons. The van der Waals surface area contributed by atoms with E-state index in [4.69, 9.17) is 4.74 Å². The van der Waals surface area contributed by atoms with E-state index in [-0.39, 0.29) is 40.6 Å². The number of carbonyl (C=O) groups excluding carboxylic acids is 1. The Morgan fingerprint density at radius 1 is 1.33 bits per heavy atom. The van der Waals surface area contributed by atoms with Gasteiger partial charge in [-0.3, -0.25) is 4.79 Å². The molecule has 3 nitrogen and oxygen atoms in total. The quantitative estimate of drug-likeness (QED) is 0.894. The van der Waals surface area contributed by atoms with Crippen molar-refractivity contribution in [2.45, 2.75) is 52.2 Å². The lowest BCUT2D eigenvalue weighted by Crippen LogP contribution is -2.58. The average Bonchev–Trinajstić information content (AvgIpc) is 3.01. The van der Waals surface area contributed by atoms with Gasteiger partial charge in [0, 0.05) is 25.1 Å². The summed E-state index contributed by atoms with van der Waals surface area (Å²) in [7, 11) is 0. The van der Waals surface area contributed by atoms with Crippen LogP contribution in [0.4, 0.5) is 4.39 Å². The van der Waals surface area contributed by atoms with Gasteiger partial charge in [0.05, 0.1) is 6.10 Å². The van der Waals surface area contributed by atoms with Crippen LogP contribution in [0.25, 0.3) is 0 Å². The van der Waals surface area contributed by atoms with Gasteiger partial charge in [0.2, 0.25) is 5.91 Å². The maximum absolute atomic E-state index is 14.4. The Morgan fingerprint density at radius 2 is 2.08 bits per heavy atom. The zero-order chi connectivity index (χ0) is 17.1. The van der Waals surface area contributed by atoms with E-state index in [1.807, 2.05) is 12.1 Å². The maximum atomic E-state index is 14.4. The second kappa shape index (κ2) is 5.29. The van der Waals surface area contributed by atoms with Crippen molar-refractivity contribution < 1.29 is 13.9 Å². The van der Waals surface area contributed by atoms with Crippen molar-refractivity contribution in [3.8, 4) is 0 Å². The molecule has 4 heteroatoms. The number of rotatable bonds is 2. The molecule has 1 amide bonds. The molecule has 1 saturated heterocycles. The van der Waals surface area contributed by atoms with Gasteiger partial charge in [-0.2, -0.15) is 0 Å². The van der Waals surface area contributed by atoms with Crippen LogP contribution in [-0.2, 0) is 9.53 Å². The van der Waals surface area contributed by atoms with Crippen LogP contribution in [0.5, 0.6) is 0 Å². The van der Waals surface area contributed by atoms with Gasteiger partial charge >= 0.3 is 0 Å². The number of carbonyl (C=O) groups is 1. The first-order chi connectivity index (χ1) is 11.4. The Kier molecular flexibility index (Phi) is 3.54. The fourth-order valence-corrected chi connectivity index (χ4v) is 6.00. The number of ether oxygens (including phenoxy) is 1. The zero-order valence-corrected chi connectivity index (χ0v) is 14.6. The van der Waals surface area contributed by atoms with Crippen LogP contribution >= 0.6 is 0 Å². The summed E-state index contributed by atoms with van der Waals surface area (Å²) in [5.74, 6) is 0.675. The molecule has 1 N–H and O–H groups in total. The van der Waals surface area contributed by atoms with Gasteiger partial charge in [-0.25, -0.2) is 4.39 Å². The molecule has 1 aromatic carbocycles. The minimum absolute atomic E-state index is 0.0303. The Bertz CT molecular complexity index is 673. The second-order valence-electron chi connectivity index (χ2n) is 8.49. The summed E-state index contributed by atoms with van der Waals surface area (Å²) in [6.07, 6.45) is 2.93. The standard InChI is InChI=1S/C20H26FNO2/c1-12(23)22-18-19(2,3)13-10-15-17(14-6-4-5-7-16(14)21)24-9-8-20(15,18)11-13/h4-7,13,15,17-18H,8-11H2,1-3H3,(H,22,23)/t13-,15-,17-,18-,20-/m1/s1. The van der Waals surface area contributed by atoms with Crippen molar-refractivity contribution in [3.05, 3.63) is 35.6 Å². The summed E-state index contributed by atoms with van der Waals surface area (Å²) in [6.45, 7) is 6.78. The van der Waals surface area contributed by atoms with Crippen molar-refractivity contribution in [3.63, 3.8) is 0 Å². The molecule has 0 aromatic heterocycles. The monoisotopic (exact) mass is 331 g/mol. The summed E-state index contributed by atoms with van der Waals surface area (Å²) >= 11 is 0. The van der Waals surface area contributed by atoms with Gasteiger partial charge in [0.1, 0.15) is 5.82 Å². The number of nitrogens with one attached hydrogen (secondary N) is 1. The average molecular weight is 331 g/mol. The van der Waals surface area contributed by atoms with Gasteiger partial charge in [-0.05, 0) is 48.0 Å². The van der Waals surface area contributed by atoms with Crippen molar-refractivity contribution in [1.29, 1.82) is 0 Å².